The molecule has 148 valence electrons. The third kappa shape index (κ3) is 5.89. The minimum absolute atomic E-state index is 0.0167. The lowest BCUT2D eigenvalue weighted by Gasteiger charge is -2.25. The molecule has 1 amide bonds. The molecule has 0 N–H and O–H groups in total. The van der Waals surface area contributed by atoms with Crippen LogP contribution in [0.2, 0.25) is 0 Å². The number of nitrogens with zero attached hydrogens (tertiary/aromatic N) is 3. The number of carbonyl (C=O) groups is 1. The first-order chi connectivity index (χ1) is 12.7. The van der Waals surface area contributed by atoms with Gasteiger partial charge in [-0.3, -0.25) is 4.79 Å². The van der Waals surface area contributed by atoms with Crippen molar-refractivity contribution >= 4 is 15.7 Å². The number of aromatic nitrogens is 2. The van der Waals surface area contributed by atoms with Crippen LogP contribution in [0.15, 0.2) is 33.7 Å². The molecule has 0 saturated heterocycles. The Kier molecular flexibility index (Phi) is 7.12. The van der Waals surface area contributed by atoms with Crippen molar-refractivity contribution in [3.05, 3.63) is 41.5 Å². The second-order valence-electron chi connectivity index (χ2n) is 6.73. The molecule has 0 aliphatic rings. The fraction of sp³-hybridized carbons (Fsp3) is 0.526. The van der Waals surface area contributed by atoms with Gasteiger partial charge in [0.25, 0.3) is 0 Å². The molecule has 7 nitrogen and oxygen atoms in total. The van der Waals surface area contributed by atoms with E-state index >= 15 is 0 Å². The third-order valence-corrected chi connectivity index (χ3v) is 5.66. The van der Waals surface area contributed by atoms with E-state index in [2.05, 4.69) is 17.1 Å². The van der Waals surface area contributed by atoms with E-state index in [-0.39, 0.29) is 16.8 Å². The van der Waals surface area contributed by atoms with Crippen molar-refractivity contribution in [3.8, 4) is 0 Å². The van der Waals surface area contributed by atoms with Gasteiger partial charge >= 0.3 is 0 Å². The van der Waals surface area contributed by atoms with Crippen molar-refractivity contribution in [2.75, 3.05) is 13.3 Å². The van der Waals surface area contributed by atoms with Gasteiger partial charge in [-0.15, -0.1) is 0 Å². The van der Waals surface area contributed by atoms with Crippen molar-refractivity contribution in [2.24, 2.45) is 0 Å². The van der Waals surface area contributed by atoms with E-state index in [0.29, 0.717) is 31.0 Å². The smallest absolute Gasteiger partial charge is 0.226 e. The summed E-state index contributed by atoms with van der Waals surface area (Å²) in [5.74, 6) is 1.29. The second-order valence-corrected chi connectivity index (χ2v) is 8.75. The van der Waals surface area contributed by atoms with Crippen LogP contribution in [0.5, 0.6) is 0 Å². The Labute approximate surface area is 160 Å². The maximum Gasteiger partial charge on any atom is 0.226 e. The van der Waals surface area contributed by atoms with Crippen LogP contribution in [0, 0.1) is 0 Å². The van der Waals surface area contributed by atoms with Crippen molar-refractivity contribution in [1.29, 1.82) is 0 Å². The summed E-state index contributed by atoms with van der Waals surface area (Å²) < 4.78 is 28.3. The Balaban J connectivity index is 1.87. The molecule has 1 aromatic heterocycles. The Morgan fingerprint density at radius 2 is 1.89 bits per heavy atom. The van der Waals surface area contributed by atoms with Gasteiger partial charge in [-0.25, -0.2) is 8.42 Å². The van der Waals surface area contributed by atoms with Crippen molar-refractivity contribution in [1.82, 2.24) is 15.0 Å². The van der Waals surface area contributed by atoms with Gasteiger partial charge in [-0.05, 0) is 37.5 Å². The maximum atomic E-state index is 12.4. The third-order valence-electron chi connectivity index (χ3n) is 4.53. The SMILES string of the molecule is CCCc1noc(CCCC(=O)N(C)C(C)c2ccc(S(C)(=O)=O)cc2)n1. The highest BCUT2D eigenvalue weighted by atomic mass is 32.2. The molecular weight excluding hydrogens is 366 g/mol. The summed E-state index contributed by atoms with van der Waals surface area (Å²) in [4.78, 5) is 18.7. The molecule has 27 heavy (non-hydrogen) atoms. The van der Waals surface area contributed by atoms with Crippen LogP contribution in [-0.2, 0) is 27.5 Å². The predicted octanol–water partition coefficient (Wildman–Crippen LogP) is 2.97. The molecular formula is C19H27N3O4S. The summed E-state index contributed by atoms with van der Waals surface area (Å²) >= 11 is 0. The first kappa shape index (κ1) is 21.1. The van der Waals surface area contributed by atoms with Crippen molar-refractivity contribution in [3.63, 3.8) is 0 Å². The quantitative estimate of drug-likeness (QED) is 0.650. The number of benzene rings is 1. The Morgan fingerprint density at radius 3 is 2.48 bits per heavy atom. The zero-order chi connectivity index (χ0) is 20.0. The summed E-state index contributed by atoms with van der Waals surface area (Å²) in [5, 5.41) is 3.91. The van der Waals surface area contributed by atoms with Crippen LogP contribution in [0.25, 0.3) is 0 Å². The van der Waals surface area contributed by atoms with Gasteiger partial charge in [-0.2, -0.15) is 4.98 Å². The molecule has 0 aliphatic carbocycles. The van der Waals surface area contributed by atoms with Gasteiger partial charge in [0.2, 0.25) is 11.8 Å². The van der Waals surface area contributed by atoms with Gasteiger partial charge in [-0.1, -0.05) is 24.2 Å². The van der Waals surface area contributed by atoms with Crippen LogP contribution >= 0.6 is 0 Å². The summed E-state index contributed by atoms with van der Waals surface area (Å²) in [6.07, 6.45) is 4.53. The molecule has 0 saturated carbocycles. The normalized spacial score (nSPS) is 12.7. The highest BCUT2D eigenvalue weighted by Gasteiger charge is 2.18. The van der Waals surface area contributed by atoms with Crippen LogP contribution < -0.4 is 0 Å². The molecule has 0 spiro atoms. The predicted molar refractivity (Wildman–Crippen MR) is 102 cm³/mol. The molecule has 8 heteroatoms. The molecule has 0 fully saturated rings. The summed E-state index contributed by atoms with van der Waals surface area (Å²) in [6.45, 7) is 3.98. The van der Waals surface area contributed by atoms with E-state index in [4.69, 9.17) is 4.52 Å². The van der Waals surface area contributed by atoms with Crippen molar-refractivity contribution in [2.45, 2.75) is 56.9 Å². The van der Waals surface area contributed by atoms with E-state index in [1.54, 1.807) is 36.2 Å². The lowest BCUT2D eigenvalue weighted by molar-refractivity contribution is -0.131. The number of aryl methyl sites for hydroxylation is 2. The molecule has 2 aromatic rings. The van der Waals surface area contributed by atoms with Gasteiger partial charge in [0.05, 0.1) is 10.9 Å². The minimum atomic E-state index is -3.22. The largest absolute Gasteiger partial charge is 0.339 e. The van der Waals surface area contributed by atoms with Gasteiger partial charge in [0.15, 0.2) is 15.7 Å². The molecule has 1 aromatic carbocycles. The number of hydrogen-bond donors (Lipinski definition) is 0. The monoisotopic (exact) mass is 393 g/mol. The van der Waals surface area contributed by atoms with Gasteiger partial charge in [0, 0.05) is 32.6 Å². The summed E-state index contributed by atoms with van der Waals surface area (Å²) in [5.41, 5.74) is 0.888. The molecule has 0 aliphatic heterocycles. The Morgan fingerprint density at radius 1 is 1.22 bits per heavy atom. The number of carbonyl (C=O) groups excluding carboxylic acids is 1. The van der Waals surface area contributed by atoms with Crippen LogP contribution in [0.4, 0.5) is 0 Å². The molecule has 0 radical (unpaired) electrons. The fourth-order valence-corrected chi connectivity index (χ4v) is 3.35. The fourth-order valence-electron chi connectivity index (χ4n) is 2.72. The average Bonchev–Trinajstić information content (AvgIpc) is 3.07. The van der Waals surface area contributed by atoms with Crippen molar-refractivity contribution < 1.29 is 17.7 Å². The van der Waals surface area contributed by atoms with E-state index < -0.39 is 9.84 Å². The van der Waals surface area contributed by atoms with E-state index in [1.807, 2.05) is 6.92 Å². The maximum absolute atomic E-state index is 12.4. The second kappa shape index (κ2) is 9.12. The molecule has 1 atom stereocenters. The topological polar surface area (TPSA) is 93.4 Å². The Bertz CT molecular complexity index is 859. The minimum Gasteiger partial charge on any atom is -0.339 e. The van der Waals surface area contributed by atoms with E-state index in [9.17, 15) is 13.2 Å². The van der Waals surface area contributed by atoms with E-state index in [0.717, 1.165) is 18.4 Å². The number of rotatable bonds is 9. The average molecular weight is 394 g/mol. The van der Waals surface area contributed by atoms with Gasteiger partial charge in [0.1, 0.15) is 0 Å². The van der Waals surface area contributed by atoms with Crippen LogP contribution in [0.1, 0.15) is 56.4 Å². The molecule has 2 rings (SSSR count). The highest BCUT2D eigenvalue weighted by molar-refractivity contribution is 7.90. The number of sulfone groups is 1. The molecule has 1 heterocycles. The Hall–Kier alpha value is -2.22. The standard InChI is InChI=1S/C19H27N3O4S/c1-5-7-17-20-18(26-21-17)8-6-9-19(23)22(3)14(2)15-10-12-16(13-11-15)27(4,24)25/h10-14H,5-9H2,1-4H3. The molecule has 1 unspecified atom stereocenters. The highest BCUT2D eigenvalue weighted by Crippen LogP contribution is 2.22. The molecule has 0 bridgehead atoms. The zero-order valence-corrected chi connectivity index (χ0v) is 17.1. The van der Waals surface area contributed by atoms with Crippen LogP contribution in [0.3, 0.4) is 0 Å². The number of amides is 1. The lowest BCUT2D eigenvalue weighted by Crippen LogP contribution is -2.29. The van der Waals surface area contributed by atoms with E-state index in [1.165, 1.54) is 6.26 Å². The summed E-state index contributed by atoms with van der Waals surface area (Å²) in [7, 11) is -1.47. The first-order valence-corrected chi connectivity index (χ1v) is 11.0. The first-order valence-electron chi connectivity index (χ1n) is 9.09. The summed E-state index contributed by atoms with van der Waals surface area (Å²) in [6, 6.07) is 6.49. The van der Waals surface area contributed by atoms with Crippen LogP contribution in [-0.4, -0.2) is 42.7 Å². The number of hydrogen-bond acceptors (Lipinski definition) is 6. The lowest BCUT2D eigenvalue weighted by atomic mass is 10.1. The zero-order valence-electron chi connectivity index (χ0n) is 16.3. The van der Waals surface area contributed by atoms with Gasteiger partial charge < -0.3 is 9.42 Å².